The molecule has 1 amide bonds. The van der Waals surface area contributed by atoms with Crippen LogP contribution in [0.4, 0.5) is 10.1 Å². The molecule has 0 saturated heterocycles. The summed E-state index contributed by atoms with van der Waals surface area (Å²) in [5.41, 5.74) is 2.09. The van der Waals surface area contributed by atoms with Crippen LogP contribution in [0.5, 0.6) is 0 Å². The van der Waals surface area contributed by atoms with Crippen molar-refractivity contribution in [3.05, 3.63) is 57.4 Å². The summed E-state index contributed by atoms with van der Waals surface area (Å²) >= 11 is 2.59. The van der Waals surface area contributed by atoms with E-state index in [2.05, 4.69) is 21.1 Å². The van der Waals surface area contributed by atoms with Crippen LogP contribution in [-0.4, -0.2) is 19.3 Å². The van der Waals surface area contributed by atoms with Gasteiger partial charge in [0.2, 0.25) is 5.91 Å². The summed E-state index contributed by atoms with van der Waals surface area (Å²) in [4.78, 5) is 18.0. The fourth-order valence-corrected chi connectivity index (χ4v) is 6.56. The second-order valence-electron chi connectivity index (χ2n) is 6.81. The van der Waals surface area contributed by atoms with Crippen LogP contribution >= 0.6 is 22.7 Å². The predicted octanol–water partition coefficient (Wildman–Crippen LogP) is 3.94. The van der Waals surface area contributed by atoms with Gasteiger partial charge in [0.15, 0.2) is 5.13 Å². The summed E-state index contributed by atoms with van der Waals surface area (Å²) in [7, 11) is -3.73. The number of benzene rings is 1. The number of sulfonamides is 1. The van der Waals surface area contributed by atoms with Gasteiger partial charge in [0.05, 0.1) is 22.6 Å². The molecular formula is C20H18N4O3S3. The first-order chi connectivity index (χ1) is 14.5. The monoisotopic (exact) mass is 458 g/mol. The maximum absolute atomic E-state index is 12.5. The van der Waals surface area contributed by atoms with Gasteiger partial charge in [0.25, 0.3) is 10.0 Å². The van der Waals surface area contributed by atoms with E-state index in [9.17, 15) is 18.5 Å². The minimum Gasteiger partial charge on any atom is -0.316 e. The molecule has 10 heteroatoms. The summed E-state index contributed by atoms with van der Waals surface area (Å²) in [6.45, 7) is 0. The van der Waals surface area contributed by atoms with Gasteiger partial charge in [-0.3, -0.25) is 9.52 Å². The van der Waals surface area contributed by atoms with Crippen molar-refractivity contribution >= 4 is 48.7 Å². The highest BCUT2D eigenvalue weighted by Gasteiger charge is 2.22. The van der Waals surface area contributed by atoms with Crippen LogP contribution in [0.3, 0.4) is 0 Å². The van der Waals surface area contributed by atoms with E-state index < -0.39 is 10.0 Å². The Bertz CT molecular complexity index is 1220. The van der Waals surface area contributed by atoms with E-state index in [4.69, 9.17) is 0 Å². The van der Waals surface area contributed by atoms with Crippen molar-refractivity contribution in [2.24, 2.45) is 0 Å². The van der Waals surface area contributed by atoms with E-state index in [1.807, 2.05) is 0 Å². The lowest BCUT2D eigenvalue weighted by atomic mass is 9.96. The summed E-state index contributed by atoms with van der Waals surface area (Å²) in [5, 5.41) is 14.8. The van der Waals surface area contributed by atoms with Crippen molar-refractivity contribution in [2.75, 3.05) is 10.0 Å². The van der Waals surface area contributed by atoms with Gasteiger partial charge < -0.3 is 5.32 Å². The fraction of sp³-hybridized carbons (Fsp3) is 0.250. The lowest BCUT2D eigenvalue weighted by Crippen LogP contribution is -2.15. The van der Waals surface area contributed by atoms with Crippen molar-refractivity contribution in [3.8, 4) is 6.07 Å². The molecule has 0 saturated carbocycles. The fourth-order valence-electron chi connectivity index (χ4n) is 3.32. The quantitative estimate of drug-likeness (QED) is 0.581. The van der Waals surface area contributed by atoms with Gasteiger partial charge in [-0.15, -0.1) is 22.7 Å². The molecule has 154 valence electrons. The van der Waals surface area contributed by atoms with Crippen molar-refractivity contribution in [1.29, 1.82) is 5.26 Å². The van der Waals surface area contributed by atoms with E-state index in [0.29, 0.717) is 16.3 Å². The first-order valence-electron chi connectivity index (χ1n) is 9.33. The SMILES string of the molecule is N#Cc1c(NC(=O)Cc2csc(NS(=O)(=O)c3ccccc3)n2)sc2c1CCCC2. The van der Waals surface area contributed by atoms with E-state index >= 15 is 0 Å². The Kier molecular flexibility index (Phi) is 5.85. The van der Waals surface area contributed by atoms with E-state index in [-0.39, 0.29) is 22.4 Å². The molecule has 2 aromatic heterocycles. The topological polar surface area (TPSA) is 112 Å². The van der Waals surface area contributed by atoms with Crippen LogP contribution in [0.25, 0.3) is 0 Å². The Morgan fingerprint density at radius 3 is 2.73 bits per heavy atom. The smallest absolute Gasteiger partial charge is 0.263 e. The van der Waals surface area contributed by atoms with Crippen LogP contribution in [0.1, 0.15) is 34.5 Å². The number of carbonyl (C=O) groups is 1. The Labute approximate surface area is 182 Å². The van der Waals surface area contributed by atoms with E-state index in [0.717, 1.165) is 42.6 Å². The molecule has 0 spiro atoms. The number of nitrogens with one attached hydrogen (secondary N) is 2. The molecule has 3 aromatic rings. The molecule has 0 fully saturated rings. The molecule has 0 radical (unpaired) electrons. The molecule has 30 heavy (non-hydrogen) atoms. The lowest BCUT2D eigenvalue weighted by Gasteiger charge is -2.09. The molecule has 1 aliphatic carbocycles. The van der Waals surface area contributed by atoms with E-state index in [1.165, 1.54) is 28.3 Å². The molecule has 7 nitrogen and oxygen atoms in total. The average Bonchev–Trinajstić information content (AvgIpc) is 3.31. The number of nitriles is 1. The normalized spacial score (nSPS) is 13.3. The average molecular weight is 459 g/mol. The van der Waals surface area contributed by atoms with Crippen LogP contribution in [-0.2, 0) is 34.1 Å². The highest BCUT2D eigenvalue weighted by Crippen LogP contribution is 2.37. The second-order valence-corrected chi connectivity index (χ2v) is 10.5. The number of aryl methyl sites for hydroxylation is 1. The molecule has 1 aliphatic rings. The molecule has 1 aromatic carbocycles. The number of thiophene rings is 1. The van der Waals surface area contributed by atoms with Crippen LogP contribution in [0.2, 0.25) is 0 Å². The van der Waals surface area contributed by atoms with E-state index in [1.54, 1.807) is 23.6 Å². The zero-order valence-corrected chi connectivity index (χ0v) is 18.3. The van der Waals surface area contributed by atoms with Gasteiger partial charge in [-0.05, 0) is 43.4 Å². The third-order valence-electron chi connectivity index (χ3n) is 4.70. The minimum absolute atomic E-state index is 0.00298. The number of anilines is 2. The first-order valence-corrected chi connectivity index (χ1v) is 12.5. The zero-order valence-electron chi connectivity index (χ0n) is 15.8. The van der Waals surface area contributed by atoms with Crippen LogP contribution < -0.4 is 10.0 Å². The Balaban J connectivity index is 1.43. The Morgan fingerprint density at radius 1 is 1.20 bits per heavy atom. The summed E-state index contributed by atoms with van der Waals surface area (Å²) < 4.78 is 27.2. The predicted molar refractivity (Wildman–Crippen MR) is 117 cm³/mol. The van der Waals surface area contributed by atoms with Gasteiger partial charge in [0, 0.05) is 10.3 Å². The number of fused-ring (bicyclic) bond motifs is 1. The molecule has 2 N–H and O–H groups in total. The molecule has 0 unspecified atom stereocenters. The maximum Gasteiger partial charge on any atom is 0.263 e. The molecule has 0 bridgehead atoms. The summed E-state index contributed by atoms with van der Waals surface area (Å²) in [5.74, 6) is -0.284. The highest BCUT2D eigenvalue weighted by atomic mass is 32.2. The second kappa shape index (κ2) is 8.55. The van der Waals surface area contributed by atoms with Gasteiger partial charge >= 0.3 is 0 Å². The minimum atomic E-state index is -3.73. The largest absolute Gasteiger partial charge is 0.316 e. The number of amides is 1. The molecular weight excluding hydrogens is 440 g/mol. The number of hydrogen-bond acceptors (Lipinski definition) is 7. The van der Waals surface area contributed by atoms with Gasteiger partial charge in [-0.2, -0.15) is 5.26 Å². The van der Waals surface area contributed by atoms with Crippen LogP contribution in [0, 0.1) is 11.3 Å². The third kappa shape index (κ3) is 4.38. The highest BCUT2D eigenvalue weighted by molar-refractivity contribution is 7.93. The summed E-state index contributed by atoms with van der Waals surface area (Å²) in [6.07, 6.45) is 3.98. The van der Waals surface area contributed by atoms with Crippen molar-refractivity contribution < 1.29 is 13.2 Å². The number of aromatic nitrogens is 1. The Hall–Kier alpha value is -2.74. The number of nitrogens with zero attached hydrogens (tertiary/aromatic N) is 2. The molecule has 0 aliphatic heterocycles. The number of hydrogen-bond donors (Lipinski definition) is 2. The number of thiazole rings is 1. The van der Waals surface area contributed by atoms with Gasteiger partial charge in [-0.1, -0.05) is 18.2 Å². The van der Waals surface area contributed by atoms with Gasteiger partial charge in [-0.25, -0.2) is 13.4 Å². The molecule has 0 atom stereocenters. The number of rotatable bonds is 6. The van der Waals surface area contributed by atoms with Gasteiger partial charge in [0.1, 0.15) is 11.1 Å². The van der Waals surface area contributed by atoms with Crippen molar-refractivity contribution in [3.63, 3.8) is 0 Å². The maximum atomic E-state index is 12.5. The lowest BCUT2D eigenvalue weighted by molar-refractivity contribution is -0.115. The van der Waals surface area contributed by atoms with Crippen LogP contribution in [0.15, 0.2) is 40.6 Å². The molecule has 2 heterocycles. The summed E-state index contributed by atoms with van der Waals surface area (Å²) in [6, 6.07) is 10.2. The first kappa shape index (κ1) is 20.5. The standard InChI is InChI=1S/C20H18N4O3S3/c21-11-16-15-8-4-5-9-17(15)29-19(16)23-18(25)10-13-12-28-20(22-13)24-30(26,27)14-6-2-1-3-7-14/h1-3,6-7,12H,4-5,8-10H2,(H,22,24)(H,23,25). The third-order valence-corrected chi connectivity index (χ3v) is 8.20. The number of carbonyl (C=O) groups excluding carboxylic acids is 1. The molecule has 4 rings (SSSR count). The van der Waals surface area contributed by atoms with Crippen molar-refractivity contribution in [1.82, 2.24) is 4.98 Å². The zero-order chi connectivity index (χ0) is 21.1. The Morgan fingerprint density at radius 2 is 1.97 bits per heavy atom. The van der Waals surface area contributed by atoms with Crippen molar-refractivity contribution in [2.45, 2.75) is 37.0 Å².